The summed E-state index contributed by atoms with van der Waals surface area (Å²) in [6, 6.07) is 5.78. The lowest BCUT2D eigenvalue weighted by molar-refractivity contribution is 0.101. The number of urea groups is 1. The molecule has 0 bridgehead atoms. The van der Waals surface area contributed by atoms with Crippen molar-refractivity contribution in [3.05, 3.63) is 29.8 Å². The molecule has 0 aliphatic carbocycles. The fourth-order valence-corrected chi connectivity index (χ4v) is 3.91. The van der Waals surface area contributed by atoms with E-state index in [2.05, 4.69) is 5.32 Å². The van der Waals surface area contributed by atoms with E-state index in [1.54, 1.807) is 4.90 Å². The van der Waals surface area contributed by atoms with Gasteiger partial charge in [0, 0.05) is 38.3 Å². The van der Waals surface area contributed by atoms with Crippen LogP contribution in [0.25, 0.3) is 0 Å². The van der Waals surface area contributed by atoms with Gasteiger partial charge in [0.15, 0.2) is 5.78 Å². The van der Waals surface area contributed by atoms with Gasteiger partial charge in [-0.25, -0.2) is 13.2 Å². The van der Waals surface area contributed by atoms with Crippen LogP contribution in [0.4, 0.5) is 4.79 Å². The Morgan fingerprint density at radius 1 is 1.08 bits per heavy atom. The molecule has 132 valence electrons. The molecule has 1 heterocycles. The molecular weight excluding hydrogens is 330 g/mol. The molecule has 1 fully saturated rings. The lowest BCUT2D eigenvalue weighted by atomic mass is 10.2. The van der Waals surface area contributed by atoms with Crippen molar-refractivity contribution in [3.63, 3.8) is 0 Å². The molecule has 0 unspecified atom stereocenters. The van der Waals surface area contributed by atoms with Gasteiger partial charge < -0.3 is 10.2 Å². The van der Waals surface area contributed by atoms with E-state index in [1.165, 1.54) is 35.5 Å². The van der Waals surface area contributed by atoms with Crippen molar-refractivity contribution in [2.75, 3.05) is 32.7 Å². The molecule has 1 aromatic carbocycles. The van der Waals surface area contributed by atoms with Crippen LogP contribution in [0.1, 0.15) is 30.6 Å². The van der Waals surface area contributed by atoms with Gasteiger partial charge in [0.05, 0.1) is 4.90 Å². The normalized spacial score (nSPS) is 16.0. The standard InChI is InChI=1S/C16H23N3O4S/c1-3-8-17-16(21)18-9-11-19(12-10-18)24(22,23)15-6-4-14(5-7-15)13(2)20/h4-7H,3,8-12H2,1-2H3,(H,17,21). The van der Waals surface area contributed by atoms with Crippen LogP contribution in [0, 0.1) is 0 Å². The van der Waals surface area contributed by atoms with Gasteiger partial charge in [-0.3, -0.25) is 4.79 Å². The van der Waals surface area contributed by atoms with Crippen LogP contribution < -0.4 is 5.32 Å². The first kappa shape index (κ1) is 18.4. The first-order chi connectivity index (χ1) is 11.4. The van der Waals surface area contributed by atoms with Gasteiger partial charge in [0.2, 0.25) is 10.0 Å². The van der Waals surface area contributed by atoms with Crippen molar-refractivity contribution in [1.82, 2.24) is 14.5 Å². The van der Waals surface area contributed by atoms with Crippen molar-refractivity contribution in [2.45, 2.75) is 25.2 Å². The molecule has 1 N–H and O–H groups in total. The quantitative estimate of drug-likeness (QED) is 0.809. The maximum Gasteiger partial charge on any atom is 0.317 e. The van der Waals surface area contributed by atoms with Crippen molar-refractivity contribution >= 4 is 21.8 Å². The lowest BCUT2D eigenvalue weighted by Gasteiger charge is -2.34. The third kappa shape index (κ3) is 4.12. The number of ketones is 1. The highest BCUT2D eigenvalue weighted by Crippen LogP contribution is 2.18. The lowest BCUT2D eigenvalue weighted by Crippen LogP contribution is -2.53. The molecule has 0 saturated carbocycles. The fraction of sp³-hybridized carbons (Fsp3) is 0.500. The third-order valence-corrected chi connectivity index (χ3v) is 5.86. The number of carbonyl (C=O) groups is 2. The number of rotatable bonds is 5. The first-order valence-electron chi connectivity index (χ1n) is 8.00. The zero-order valence-corrected chi connectivity index (χ0v) is 14.8. The Balaban J connectivity index is 2.02. The van der Waals surface area contributed by atoms with Gasteiger partial charge in [0.1, 0.15) is 0 Å². The minimum Gasteiger partial charge on any atom is -0.338 e. The zero-order valence-electron chi connectivity index (χ0n) is 14.0. The number of hydrogen-bond acceptors (Lipinski definition) is 4. The average Bonchev–Trinajstić information content (AvgIpc) is 2.59. The van der Waals surface area contributed by atoms with Crippen LogP contribution in [-0.4, -0.2) is 62.2 Å². The molecule has 24 heavy (non-hydrogen) atoms. The van der Waals surface area contributed by atoms with E-state index in [1.807, 2.05) is 6.92 Å². The molecule has 0 atom stereocenters. The van der Waals surface area contributed by atoms with E-state index in [4.69, 9.17) is 0 Å². The van der Waals surface area contributed by atoms with Crippen LogP contribution in [0.5, 0.6) is 0 Å². The number of nitrogens with one attached hydrogen (secondary N) is 1. The SMILES string of the molecule is CCCNC(=O)N1CCN(S(=O)(=O)c2ccc(C(C)=O)cc2)CC1. The summed E-state index contributed by atoms with van der Waals surface area (Å²) in [4.78, 5) is 25.0. The van der Waals surface area contributed by atoms with Crippen molar-refractivity contribution in [2.24, 2.45) is 0 Å². The van der Waals surface area contributed by atoms with E-state index >= 15 is 0 Å². The van der Waals surface area contributed by atoms with Gasteiger partial charge in [0.25, 0.3) is 0 Å². The summed E-state index contributed by atoms with van der Waals surface area (Å²) in [6.45, 7) is 5.27. The largest absolute Gasteiger partial charge is 0.338 e. The van der Waals surface area contributed by atoms with Gasteiger partial charge in [-0.1, -0.05) is 19.1 Å². The maximum absolute atomic E-state index is 12.6. The monoisotopic (exact) mass is 353 g/mol. The van der Waals surface area contributed by atoms with Crippen LogP contribution in [-0.2, 0) is 10.0 Å². The van der Waals surface area contributed by atoms with Crippen molar-refractivity contribution in [1.29, 1.82) is 0 Å². The summed E-state index contributed by atoms with van der Waals surface area (Å²) < 4.78 is 26.7. The summed E-state index contributed by atoms with van der Waals surface area (Å²) in [5.41, 5.74) is 0.478. The average molecular weight is 353 g/mol. The van der Waals surface area contributed by atoms with E-state index in [9.17, 15) is 18.0 Å². The molecule has 1 saturated heterocycles. The van der Waals surface area contributed by atoms with Crippen LogP contribution >= 0.6 is 0 Å². The number of sulfonamides is 1. The molecule has 1 aromatic rings. The van der Waals surface area contributed by atoms with Crippen molar-refractivity contribution in [3.8, 4) is 0 Å². The summed E-state index contributed by atoms with van der Waals surface area (Å²) in [5.74, 6) is -0.106. The second-order valence-electron chi connectivity index (χ2n) is 5.70. The second kappa shape index (κ2) is 7.76. The number of nitrogens with zero attached hydrogens (tertiary/aromatic N) is 2. The van der Waals surface area contributed by atoms with Gasteiger partial charge in [-0.2, -0.15) is 4.31 Å². The number of piperazine rings is 1. The molecule has 1 aliphatic heterocycles. The molecule has 1 aliphatic rings. The number of Topliss-reactive ketones (excluding diaryl/α,β-unsaturated/α-hetero) is 1. The first-order valence-corrected chi connectivity index (χ1v) is 9.44. The predicted molar refractivity (Wildman–Crippen MR) is 90.5 cm³/mol. The van der Waals surface area contributed by atoms with E-state index in [0.717, 1.165) is 6.42 Å². The van der Waals surface area contributed by atoms with Crippen LogP contribution in [0.15, 0.2) is 29.2 Å². The van der Waals surface area contributed by atoms with Gasteiger partial charge in [-0.15, -0.1) is 0 Å². The van der Waals surface area contributed by atoms with E-state index in [-0.39, 0.29) is 29.8 Å². The maximum atomic E-state index is 12.6. The molecule has 0 radical (unpaired) electrons. The Morgan fingerprint density at radius 2 is 1.67 bits per heavy atom. The summed E-state index contributed by atoms with van der Waals surface area (Å²) in [7, 11) is -3.61. The number of carbonyl (C=O) groups excluding carboxylic acids is 2. The van der Waals surface area contributed by atoms with Crippen molar-refractivity contribution < 1.29 is 18.0 Å². The smallest absolute Gasteiger partial charge is 0.317 e. The highest BCUT2D eigenvalue weighted by atomic mass is 32.2. The fourth-order valence-electron chi connectivity index (χ4n) is 2.49. The Kier molecular flexibility index (Phi) is 5.95. The van der Waals surface area contributed by atoms with Gasteiger partial charge >= 0.3 is 6.03 Å². The number of amides is 2. The van der Waals surface area contributed by atoms with E-state index in [0.29, 0.717) is 25.2 Å². The summed E-state index contributed by atoms with van der Waals surface area (Å²) in [6.07, 6.45) is 0.857. The third-order valence-electron chi connectivity index (χ3n) is 3.95. The minimum atomic E-state index is -3.61. The second-order valence-corrected chi connectivity index (χ2v) is 7.64. The van der Waals surface area contributed by atoms with Crippen LogP contribution in [0.3, 0.4) is 0 Å². The summed E-state index contributed by atoms with van der Waals surface area (Å²) >= 11 is 0. The molecular formula is C16H23N3O4S. The predicted octanol–water partition coefficient (Wildman–Crippen LogP) is 1.32. The number of benzene rings is 1. The van der Waals surface area contributed by atoms with E-state index < -0.39 is 10.0 Å². The Labute approximate surface area is 142 Å². The Hall–Kier alpha value is -1.93. The Bertz CT molecular complexity index is 693. The highest BCUT2D eigenvalue weighted by Gasteiger charge is 2.30. The summed E-state index contributed by atoms with van der Waals surface area (Å²) in [5, 5.41) is 2.79. The zero-order chi connectivity index (χ0) is 17.7. The number of hydrogen-bond donors (Lipinski definition) is 1. The molecule has 0 aromatic heterocycles. The topological polar surface area (TPSA) is 86.8 Å². The highest BCUT2D eigenvalue weighted by molar-refractivity contribution is 7.89. The minimum absolute atomic E-state index is 0.106. The van der Waals surface area contributed by atoms with Crippen LogP contribution in [0.2, 0.25) is 0 Å². The molecule has 7 nitrogen and oxygen atoms in total. The molecule has 2 amide bonds. The van der Waals surface area contributed by atoms with Gasteiger partial charge in [-0.05, 0) is 25.5 Å². The molecule has 2 rings (SSSR count). The Morgan fingerprint density at radius 3 is 2.17 bits per heavy atom. The molecule has 8 heteroatoms. The molecule has 0 spiro atoms.